The average Bonchev–Trinajstić information content (AvgIpc) is 2.92. The van der Waals surface area contributed by atoms with Gasteiger partial charge in [-0.15, -0.1) is 0 Å². The molecule has 2 aliphatic carbocycles. The zero-order valence-corrected chi connectivity index (χ0v) is 18.3. The van der Waals surface area contributed by atoms with Gasteiger partial charge in [0.25, 0.3) is 0 Å². The smallest absolute Gasteiger partial charge is 0.462 e. The molecule has 30 heavy (non-hydrogen) atoms. The fraction of sp³-hybridized carbons (Fsp3) is 0.455. The molecule has 3 rings (SSSR count). The number of carbonyl (C=O) groups excluding carboxylic acids is 2. The van der Waals surface area contributed by atoms with Crippen LogP contribution in [0.25, 0.3) is 11.1 Å². The summed E-state index contributed by atoms with van der Waals surface area (Å²) in [4.78, 5) is 25.2. The molecule has 0 aromatic rings. The van der Waals surface area contributed by atoms with Gasteiger partial charge < -0.3 is 24.5 Å². The van der Waals surface area contributed by atoms with Crippen LogP contribution in [0.5, 0.6) is 0 Å². The maximum atomic E-state index is 12.6. The Morgan fingerprint density at radius 1 is 0.867 bits per heavy atom. The molecule has 1 fully saturated rings. The number of anilines is 1. The highest BCUT2D eigenvalue weighted by atomic mass is 16.7. The summed E-state index contributed by atoms with van der Waals surface area (Å²) >= 11 is 0. The summed E-state index contributed by atoms with van der Waals surface area (Å²) in [6.07, 6.45) is 0. The third kappa shape index (κ3) is 3.65. The molecule has 0 saturated carbocycles. The third-order valence-corrected chi connectivity index (χ3v) is 5.74. The molecular formula is C22H28BNO6. The molecule has 1 saturated heterocycles. The molecule has 1 aliphatic heterocycles. The third-order valence-electron chi connectivity index (χ3n) is 5.74. The molecule has 1 heterocycles. The molecule has 0 aromatic heterocycles. The number of carbonyl (C=O) groups is 2. The Morgan fingerprint density at radius 3 is 1.63 bits per heavy atom. The van der Waals surface area contributed by atoms with Crippen molar-refractivity contribution in [1.82, 2.24) is 0 Å². The van der Waals surface area contributed by atoms with Crippen LogP contribution < -0.4 is 11.2 Å². The van der Waals surface area contributed by atoms with E-state index >= 15 is 0 Å². The fourth-order valence-corrected chi connectivity index (χ4v) is 3.43. The average molecular weight is 413 g/mol. The minimum atomic E-state index is -0.584. The van der Waals surface area contributed by atoms with Crippen molar-refractivity contribution in [3.05, 3.63) is 35.4 Å². The van der Waals surface area contributed by atoms with E-state index in [-0.39, 0.29) is 30.0 Å². The van der Waals surface area contributed by atoms with Crippen molar-refractivity contribution in [2.45, 2.75) is 52.7 Å². The summed E-state index contributed by atoms with van der Waals surface area (Å²) in [5.74, 6) is -1.17. The van der Waals surface area contributed by atoms with Crippen LogP contribution in [0.3, 0.4) is 0 Å². The Morgan fingerprint density at radius 2 is 1.27 bits per heavy atom. The Balaban J connectivity index is 2.14. The lowest BCUT2D eigenvalue weighted by atomic mass is 9.80. The Hall–Kier alpha value is -2.58. The van der Waals surface area contributed by atoms with Crippen LogP contribution in [0.2, 0.25) is 0 Å². The van der Waals surface area contributed by atoms with Gasteiger partial charge in [-0.05, 0) is 58.1 Å². The van der Waals surface area contributed by atoms with Crippen molar-refractivity contribution in [2.24, 2.45) is 0 Å². The molecule has 3 aliphatic rings. The van der Waals surface area contributed by atoms with E-state index in [1.165, 1.54) is 0 Å². The van der Waals surface area contributed by atoms with E-state index in [1.54, 1.807) is 26.0 Å². The Kier molecular flexibility index (Phi) is 5.84. The van der Waals surface area contributed by atoms with Gasteiger partial charge in [-0.1, -0.05) is 24.3 Å². The molecule has 0 amide bonds. The lowest BCUT2D eigenvalue weighted by Gasteiger charge is -2.32. The summed E-state index contributed by atoms with van der Waals surface area (Å²) in [5, 5.41) is 0. The largest absolute Gasteiger partial charge is 0.494 e. The van der Waals surface area contributed by atoms with Gasteiger partial charge in [0.05, 0.1) is 41.2 Å². The predicted octanol–water partition coefficient (Wildman–Crippen LogP) is 3.03. The van der Waals surface area contributed by atoms with E-state index in [2.05, 4.69) is 0 Å². The summed E-state index contributed by atoms with van der Waals surface area (Å²) in [5.41, 5.74) is 7.38. The number of ether oxygens (including phenoxy) is 2. The lowest BCUT2D eigenvalue weighted by Crippen LogP contribution is -2.41. The highest BCUT2D eigenvalue weighted by Crippen LogP contribution is 2.40. The molecule has 0 radical (unpaired) electrons. The monoisotopic (exact) mass is 413 g/mol. The first kappa shape index (κ1) is 22.1. The Labute approximate surface area is 177 Å². The summed E-state index contributed by atoms with van der Waals surface area (Å²) in [7, 11) is -0.582. The number of nitrogens with two attached hydrogens (primary N) is 1. The summed E-state index contributed by atoms with van der Waals surface area (Å²) in [6, 6.07) is 7.09. The molecule has 2 N–H and O–H groups in total. The van der Waals surface area contributed by atoms with Crippen LogP contribution >= 0.6 is 0 Å². The highest BCUT2D eigenvalue weighted by molar-refractivity contribution is 6.62. The van der Waals surface area contributed by atoms with Gasteiger partial charge in [0.15, 0.2) is 0 Å². The molecule has 160 valence electrons. The van der Waals surface area contributed by atoms with Crippen LogP contribution in [0.4, 0.5) is 5.69 Å². The quantitative estimate of drug-likeness (QED) is 0.595. The zero-order chi connectivity index (χ0) is 22.3. The first-order valence-corrected chi connectivity index (χ1v) is 10.1. The van der Waals surface area contributed by atoms with Crippen molar-refractivity contribution in [3.63, 3.8) is 0 Å². The topological polar surface area (TPSA) is 97.1 Å². The van der Waals surface area contributed by atoms with E-state index in [9.17, 15) is 9.59 Å². The molecule has 7 nitrogen and oxygen atoms in total. The minimum absolute atomic E-state index is 0.0604. The predicted molar refractivity (Wildman–Crippen MR) is 115 cm³/mol. The van der Waals surface area contributed by atoms with Crippen molar-refractivity contribution in [3.8, 4) is 11.1 Å². The van der Waals surface area contributed by atoms with E-state index in [0.717, 1.165) is 5.46 Å². The van der Waals surface area contributed by atoms with Crippen LogP contribution in [-0.4, -0.2) is 43.5 Å². The molecule has 8 heteroatoms. The molecule has 0 spiro atoms. The van der Waals surface area contributed by atoms with Gasteiger partial charge in [-0.2, -0.15) is 0 Å². The molecular weight excluding hydrogens is 385 g/mol. The molecule has 0 unspecified atom stereocenters. The van der Waals surface area contributed by atoms with Crippen molar-refractivity contribution in [2.75, 3.05) is 18.9 Å². The Bertz CT molecular complexity index is 883. The standard InChI is InChI=1S/C22H28BNO6/c1-7-27-19(25)16-14-11-9-13(23-29-21(3,4)22(5,6)30-23)10-12-15(14)17(18(16)24)20(26)28-8-2/h9-12H,7-8,24H2,1-6H3. The molecule has 0 atom stereocenters. The first-order chi connectivity index (χ1) is 14.0. The molecule has 0 bridgehead atoms. The maximum Gasteiger partial charge on any atom is 0.494 e. The number of fused-ring (bicyclic) bond motifs is 1. The van der Waals surface area contributed by atoms with Gasteiger partial charge >= 0.3 is 19.1 Å². The van der Waals surface area contributed by atoms with Gasteiger partial charge in [0.1, 0.15) is 0 Å². The second-order valence-electron chi connectivity index (χ2n) is 8.19. The normalized spacial score (nSPS) is 17.2. The summed E-state index contributed by atoms with van der Waals surface area (Å²) in [6.45, 7) is 11.7. The van der Waals surface area contributed by atoms with Crippen molar-refractivity contribution in [1.29, 1.82) is 0 Å². The van der Waals surface area contributed by atoms with E-state index in [0.29, 0.717) is 11.1 Å². The van der Waals surface area contributed by atoms with E-state index in [4.69, 9.17) is 24.5 Å². The molecule has 0 aromatic carbocycles. The van der Waals surface area contributed by atoms with Crippen LogP contribution in [0, 0.1) is 0 Å². The number of rotatable bonds is 5. The van der Waals surface area contributed by atoms with Gasteiger partial charge in [0, 0.05) is 0 Å². The van der Waals surface area contributed by atoms with Crippen LogP contribution in [0.15, 0.2) is 24.3 Å². The lowest BCUT2D eigenvalue weighted by molar-refractivity contribution is 0.00578. The van der Waals surface area contributed by atoms with Crippen molar-refractivity contribution < 1.29 is 28.4 Å². The second kappa shape index (κ2) is 7.93. The SMILES string of the molecule is CCOC(=O)c1c2ccc(B3OC(C)(C)C(C)(C)O3)ccc-2c(C(=O)OCC)c1N. The number of nitrogen functional groups attached to an aromatic ring is 1. The number of esters is 2. The maximum absolute atomic E-state index is 12.6. The zero-order valence-electron chi connectivity index (χ0n) is 18.3. The number of hydrogen-bond acceptors (Lipinski definition) is 7. The second-order valence-corrected chi connectivity index (χ2v) is 8.19. The fourth-order valence-electron chi connectivity index (χ4n) is 3.43. The van der Waals surface area contributed by atoms with Crippen LogP contribution in [0.1, 0.15) is 62.3 Å². The summed E-state index contributed by atoms with van der Waals surface area (Å²) < 4.78 is 22.6. The van der Waals surface area contributed by atoms with Crippen molar-refractivity contribution >= 4 is 30.2 Å². The van der Waals surface area contributed by atoms with Gasteiger partial charge in [-0.3, -0.25) is 0 Å². The van der Waals surface area contributed by atoms with Gasteiger partial charge in [-0.25, -0.2) is 9.59 Å². The first-order valence-electron chi connectivity index (χ1n) is 10.1. The number of hydrogen-bond donors (Lipinski definition) is 1. The van der Waals surface area contributed by atoms with Gasteiger partial charge in [0.2, 0.25) is 0 Å². The minimum Gasteiger partial charge on any atom is -0.462 e. The van der Waals surface area contributed by atoms with E-state index in [1.807, 2.05) is 39.8 Å². The van der Waals surface area contributed by atoms with Crippen LogP contribution in [-0.2, 0) is 18.8 Å². The van der Waals surface area contributed by atoms with E-state index < -0.39 is 30.3 Å². The highest BCUT2D eigenvalue weighted by Gasteiger charge is 2.51.